The van der Waals surface area contributed by atoms with Gasteiger partial charge >= 0.3 is 0 Å². The molecule has 0 aromatic heterocycles. The first-order chi connectivity index (χ1) is 8.08. The molecule has 126 valence electrons. The van der Waals surface area contributed by atoms with E-state index >= 15 is 0 Å². The summed E-state index contributed by atoms with van der Waals surface area (Å²) >= 11 is 0. The molecule has 0 aliphatic heterocycles. The molecule has 0 N–H and O–H groups in total. The molecule has 0 aliphatic rings. The van der Waals surface area contributed by atoms with Gasteiger partial charge in [0.05, 0.1) is 0 Å². The maximum atomic E-state index is 5.11. The van der Waals surface area contributed by atoms with Crippen LogP contribution in [0.15, 0.2) is 0 Å². The summed E-state index contributed by atoms with van der Waals surface area (Å²) in [6.07, 6.45) is 0.394. The summed E-state index contributed by atoms with van der Waals surface area (Å²) in [5.74, 6) is 0. The minimum Gasteiger partial charge on any atom is -0.658 e. The minimum absolute atomic E-state index is 0. The van der Waals surface area contributed by atoms with E-state index in [2.05, 4.69) is 38.3 Å². The van der Waals surface area contributed by atoms with Crippen molar-refractivity contribution in [1.29, 1.82) is 0 Å². The third-order valence-corrected chi connectivity index (χ3v) is 3.85. The Labute approximate surface area is 184 Å². The molecule has 0 fully saturated rings. The quantitative estimate of drug-likeness (QED) is 0.603. The van der Waals surface area contributed by atoms with Crippen molar-refractivity contribution in [2.24, 2.45) is 0 Å². The van der Waals surface area contributed by atoms with Gasteiger partial charge in [-0.05, 0) is 13.8 Å². The van der Waals surface area contributed by atoms with Gasteiger partial charge in [-0.3, -0.25) is 0 Å². The second-order valence-electron chi connectivity index (χ2n) is 5.51. The van der Waals surface area contributed by atoms with E-state index in [4.69, 9.17) is 9.47 Å². The molecule has 0 spiro atoms. The molecule has 21 heavy (non-hydrogen) atoms. The van der Waals surface area contributed by atoms with Crippen LogP contribution in [0.25, 0.3) is 10.6 Å². The zero-order chi connectivity index (χ0) is 15.0. The summed E-state index contributed by atoms with van der Waals surface area (Å²) in [5, 5.41) is 8.33. The maximum Gasteiger partial charge on any atom is 0.0406 e. The third-order valence-electron chi connectivity index (χ3n) is 3.85. The van der Waals surface area contributed by atoms with E-state index in [0.717, 1.165) is 0 Å². The normalized spacial score (nSPS) is 13.4. The summed E-state index contributed by atoms with van der Waals surface area (Å²) in [7, 11) is 7.04. The first-order valence-electron chi connectivity index (χ1n) is 6.36. The van der Waals surface area contributed by atoms with Crippen LogP contribution in [0.2, 0.25) is 0 Å². The molecule has 0 saturated heterocycles. The predicted octanol–water partition coefficient (Wildman–Crippen LogP) is 4.24. The summed E-state index contributed by atoms with van der Waals surface area (Å²) in [4.78, 5) is 0. The van der Waals surface area contributed by atoms with Crippen LogP contribution in [0.3, 0.4) is 0 Å². The van der Waals surface area contributed by atoms with Crippen molar-refractivity contribution in [2.75, 3.05) is 28.3 Å². The molecule has 0 rings (SSSR count). The van der Waals surface area contributed by atoms with Crippen LogP contribution < -0.4 is 0 Å². The van der Waals surface area contributed by atoms with Gasteiger partial charge in [-0.2, -0.15) is 14.1 Å². The molecule has 2 radical (unpaired) electrons. The first-order valence-corrected chi connectivity index (χ1v) is 6.36. The molecular weight excluding hydrogens is 418 g/mol. The molecule has 6 heteroatoms. The molecular formula is C15H36N2O2Y2-2. The Morgan fingerprint density at radius 3 is 0.952 bits per heavy atom. The van der Waals surface area contributed by atoms with Crippen molar-refractivity contribution in [3.8, 4) is 0 Å². The summed E-state index contributed by atoms with van der Waals surface area (Å²) in [5.41, 5.74) is -0.0938. The standard InChI is InChI=1S/2C7H16NO.CH4.2Y/c2*1-6(9-5)7(2,3)8-4;;;/h2*6H,1-5H3;1H4;;/q2*-1;;;. The third kappa shape index (κ3) is 15.3. The maximum absolute atomic E-state index is 5.11. The van der Waals surface area contributed by atoms with Gasteiger partial charge in [0, 0.05) is 91.8 Å². The molecule has 2 atom stereocenters. The van der Waals surface area contributed by atoms with Crippen LogP contribution >= 0.6 is 0 Å². The molecule has 0 aromatic rings. The van der Waals surface area contributed by atoms with Crippen molar-refractivity contribution < 1.29 is 74.9 Å². The molecule has 0 bridgehead atoms. The predicted molar refractivity (Wildman–Crippen MR) is 86.4 cm³/mol. The number of rotatable bonds is 6. The number of ether oxygens (including phenoxy) is 2. The number of hydrogen-bond donors (Lipinski definition) is 0. The van der Waals surface area contributed by atoms with Gasteiger partial charge in [0.15, 0.2) is 0 Å². The molecule has 4 nitrogen and oxygen atoms in total. The van der Waals surface area contributed by atoms with E-state index in [1.807, 2.05) is 27.9 Å². The number of methoxy groups -OCH3 is 2. The smallest absolute Gasteiger partial charge is 0.0406 e. The molecule has 0 saturated carbocycles. The van der Waals surface area contributed by atoms with E-state index < -0.39 is 0 Å². The first kappa shape index (κ1) is 34.4. The monoisotopic (exact) mass is 454 g/mol. The van der Waals surface area contributed by atoms with E-state index in [1.54, 1.807) is 14.2 Å². The van der Waals surface area contributed by atoms with E-state index in [0.29, 0.717) is 0 Å². The zero-order valence-electron chi connectivity index (χ0n) is 15.0. The van der Waals surface area contributed by atoms with E-state index in [9.17, 15) is 0 Å². The minimum atomic E-state index is -0.0469. The fourth-order valence-corrected chi connectivity index (χ4v) is 0.940. The van der Waals surface area contributed by atoms with Gasteiger partial charge in [0.2, 0.25) is 0 Å². The van der Waals surface area contributed by atoms with Crippen molar-refractivity contribution in [2.45, 2.75) is 72.3 Å². The topological polar surface area (TPSA) is 46.7 Å². The molecule has 0 aromatic carbocycles. The number of nitrogens with zero attached hydrogens (tertiary/aromatic N) is 2. The van der Waals surface area contributed by atoms with Crippen LogP contribution in [0, 0.1) is 0 Å². The molecule has 0 heterocycles. The van der Waals surface area contributed by atoms with Gasteiger partial charge in [-0.1, -0.05) is 35.1 Å². The Morgan fingerprint density at radius 1 is 0.714 bits per heavy atom. The summed E-state index contributed by atoms with van der Waals surface area (Å²) in [6, 6.07) is 0. The Bertz CT molecular complexity index is 194. The van der Waals surface area contributed by atoms with Crippen LogP contribution in [0.1, 0.15) is 49.0 Å². The Hall–Kier alpha value is 2.05. The SMILES string of the molecule is C.C[N-]C(C)(C)C(C)OC.C[N-]C(C)(C)C(C)OC.[Y].[Y]. The van der Waals surface area contributed by atoms with Gasteiger partial charge in [-0.25, -0.2) is 0 Å². The fourth-order valence-electron chi connectivity index (χ4n) is 0.940. The molecule has 2 unspecified atom stereocenters. The number of hydrogen-bond acceptors (Lipinski definition) is 2. The van der Waals surface area contributed by atoms with E-state index in [1.165, 1.54) is 0 Å². The average molecular weight is 454 g/mol. The summed E-state index contributed by atoms with van der Waals surface area (Å²) in [6.45, 7) is 12.3. The molecule has 0 amide bonds. The van der Waals surface area contributed by atoms with Crippen molar-refractivity contribution >= 4 is 0 Å². The zero-order valence-corrected chi connectivity index (χ0v) is 20.7. The Kier molecular flexibility index (Phi) is 27.7. The van der Waals surface area contributed by atoms with Gasteiger partial charge in [0.1, 0.15) is 0 Å². The van der Waals surface area contributed by atoms with Gasteiger partial charge in [0.25, 0.3) is 0 Å². The number of likely N-dealkylation sites (N-methyl/N-ethyl adjacent to an activating group) is 2. The largest absolute Gasteiger partial charge is 0.658 e. The second-order valence-corrected chi connectivity index (χ2v) is 5.51. The Morgan fingerprint density at radius 2 is 0.905 bits per heavy atom. The van der Waals surface area contributed by atoms with E-state index in [-0.39, 0.29) is 96.1 Å². The van der Waals surface area contributed by atoms with Gasteiger partial charge < -0.3 is 20.1 Å². The molecule has 0 aliphatic carbocycles. The summed E-state index contributed by atoms with van der Waals surface area (Å²) < 4.78 is 10.2. The van der Waals surface area contributed by atoms with Crippen molar-refractivity contribution in [1.82, 2.24) is 0 Å². The van der Waals surface area contributed by atoms with Crippen LogP contribution in [0.4, 0.5) is 0 Å². The van der Waals surface area contributed by atoms with Crippen molar-refractivity contribution in [3.63, 3.8) is 0 Å². The van der Waals surface area contributed by atoms with Gasteiger partial charge in [-0.15, -0.1) is 11.1 Å². The fraction of sp³-hybridized carbons (Fsp3) is 1.00. The van der Waals surface area contributed by atoms with Crippen LogP contribution in [-0.4, -0.2) is 51.6 Å². The second kappa shape index (κ2) is 16.9. The van der Waals surface area contributed by atoms with Crippen LogP contribution in [0.5, 0.6) is 0 Å². The van der Waals surface area contributed by atoms with Crippen LogP contribution in [-0.2, 0) is 74.9 Å². The Balaban J connectivity index is -0.0000000711. The average Bonchev–Trinajstić information content (AvgIpc) is 2.37. The van der Waals surface area contributed by atoms with Crippen molar-refractivity contribution in [3.05, 3.63) is 10.6 Å².